The molecule has 2 heterocycles. The van der Waals surface area contributed by atoms with E-state index in [1.807, 2.05) is 36.4 Å². The van der Waals surface area contributed by atoms with Crippen LogP contribution in [0, 0.1) is 0 Å². The van der Waals surface area contributed by atoms with Crippen LogP contribution < -0.4 is 15.8 Å². The van der Waals surface area contributed by atoms with E-state index >= 15 is 0 Å². The number of aromatic nitrogens is 3. The van der Waals surface area contributed by atoms with E-state index in [2.05, 4.69) is 22.2 Å². The van der Waals surface area contributed by atoms with Gasteiger partial charge in [0.1, 0.15) is 11.3 Å². The van der Waals surface area contributed by atoms with Gasteiger partial charge < -0.3 is 15.8 Å². The first kappa shape index (κ1) is 17.0. The van der Waals surface area contributed by atoms with Crippen LogP contribution in [0.4, 0.5) is 11.8 Å². The van der Waals surface area contributed by atoms with Crippen LogP contribution in [0.2, 0.25) is 0 Å². The van der Waals surface area contributed by atoms with E-state index < -0.39 is 0 Å². The van der Waals surface area contributed by atoms with Crippen molar-refractivity contribution in [1.29, 1.82) is 0 Å². The minimum absolute atomic E-state index is 0.255. The summed E-state index contributed by atoms with van der Waals surface area (Å²) in [6.07, 6.45) is 2.85. The Morgan fingerprint density at radius 1 is 1.08 bits per heavy atom. The molecule has 0 amide bonds. The molecule has 0 fully saturated rings. The molecule has 0 saturated heterocycles. The molecular weight excluding hydrogens is 314 g/mol. The molecule has 6 nitrogen and oxygen atoms in total. The predicted octanol–water partition coefficient (Wildman–Crippen LogP) is 3.42. The third kappa shape index (κ3) is 3.96. The van der Waals surface area contributed by atoms with Gasteiger partial charge in [0.25, 0.3) is 0 Å². The molecule has 0 atom stereocenters. The fraction of sp³-hybridized carbons (Fsp3) is 0.316. The van der Waals surface area contributed by atoms with Crippen molar-refractivity contribution in [1.82, 2.24) is 15.0 Å². The van der Waals surface area contributed by atoms with E-state index in [0.717, 1.165) is 47.4 Å². The average Bonchev–Trinajstić information content (AvgIpc) is 2.62. The second kappa shape index (κ2) is 7.79. The van der Waals surface area contributed by atoms with Crippen molar-refractivity contribution >= 4 is 22.8 Å². The van der Waals surface area contributed by atoms with Crippen molar-refractivity contribution in [2.24, 2.45) is 0 Å². The van der Waals surface area contributed by atoms with Crippen molar-refractivity contribution in [3.63, 3.8) is 0 Å². The molecule has 0 unspecified atom stereocenters. The largest absolute Gasteiger partial charge is 0.496 e. The summed E-state index contributed by atoms with van der Waals surface area (Å²) >= 11 is 0. The summed E-state index contributed by atoms with van der Waals surface area (Å²) < 4.78 is 5.43. The Labute approximate surface area is 147 Å². The van der Waals surface area contributed by atoms with Gasteiger partial charge in [-0.05, 0) is 24.6 Å². The second-order valence-electron chi connectivity index (χ2n) is 5.87. The average molecular weight is 337 g/mol. The smallest absolute Gasteiger partial charge is 0.222 e. The predicted molar refractivity (Wildman–Crippen MR) is 101 cm³/mol. The quantitative estimate of drug-likeness (QED) is 0.643. The summed E-state index contributed by atoms with van der Waals surface area (Å²) in [5.41, 5.74) is 9.34. The van der Waals surface area contributed by atoms with Crippen LogP contribution in [0.25, 0.3) is 11.0 Å². The highest BCUT2D eigenvalue weighted by atomic mass is 16.5. The lowest BCUT2D eigenvalue weighted by molar-refractivity contribution is 0.410. The highest BCUT2D eigenvalue weighted by Gasteiger charge is 2.10. The molecule has 0 aliphatic carbocycles. The molecule has 130 valence electrons. The monoisotopic (exact) mass is 337 g/mol. The molecule has 6 heteroatoms. The van der Waals surface area contributed by atoms with Crippen LogP contribution >= 0.6 is 0 Å². The van der Waals surface area contributed by atoms with E-state index in [-0.39, 0.29) is 5.95 Å². The molecule has 0 spiro atoms. The number of hydrogen-bond donors (Lipinski definition) is 2. The normalized spacial score (nSPS) is 10.8. The van der Waals surface area contributed by atoms with Gasteiger partial charge in [-0.1, -0.05) is 31.5 Å². The van der Waals surface area contributed by atoms with E-state index in [4.69, 9.17) is 15.5 Å². The Balaban J connectivity index is 1.95. The van der Waals surface area contributed by atoms with Crippen molar-refractivity contribution in [3.8, 4) is 5.75 Å². The molecule has 0 aliphatic rings. The van der Waals surface area contributed by atoms with Gasteiger partial charge in [0, 0.05) is 24.2 Å². The number of nitrogens with one attached hydrogen (secondary N) is 1. The maximum atomic E-state index is 5.82. The number of fused-ring (bicyclic) bond motifs is 1. The minimum Gasteiger partial charge on any atom is -0.496 e. The molecule has 0 bridgehead atoms. The molecule has 1 aromatic carbocycles. The highest BCUT2D eigenvalue weighted by molar-refractivity contribution is 5.86. The molecule has 0 radical (unpaired) electrons. The number of nitrogens with zero attached hydrogens (tertiary/aromatic N) is 3. The van der Waals surface area contributed by atoms with Gasteiger partial charge in [0.05, 0.1) is 12.6 Å². The van der Waals surface area contributed by atoms with Crippen LogP contribution in [0.15, 0.2) is 36.4 Å². The van der Waals surface area contributed by atoms with Crippen molar-refractivity contribution in [2.45, 2.75) is 26.2 Å². The van der Waals surface area contributed by atoms with Gasteiger partial charge in [0.15, 0.2) is 5.82 Å². The zero-order chi connectivity index (χ0) is 17.6. The highest BCUT2D eigenvalue weighted by Crippen LogP contribution is 2.23. The number of nitrogens with two attached hydrogens (primary N) is 1. The minimum atomic E-state index is 0.255. The van der Waals surface area contributed by atoms with E-state index in [1.165, 1.54) is 0 Å². The van der Waals surface area contributed by atoms with Crippen molar-refractivity contribution in [3.05, 3.63) is 47.7 Å². The molecule has 0 aliphatic heterocycles. The van der Waals surface area contributed by atoms with Gasteiger partial charge in [-0.3, -0.25) is 0 Å². The fourth-order valence-corrected chi connectivity index (χ4v) is 2.72. The van der Waals surface area contributed by atoms with Crippen LogP contribution in [0.3, 0.4) is 0 Å². The number of nitrogen functional groups attached to an aromatic ring is 1. The van der Waals surface area contributed by atoms with Crippen molar-refractivity contribution in [2.75, 3.05) is 24.7 Å². The number of rotatable bonds is 7. The Bertz CT molecular complexity index is 866. The van der Waals surface area contributed by atoms with Crippen LogP contribution in [-0.2, 0) is 6.42 Å². The van der Waals surface area contributed by atoms with E-state index in [1.54, 1.807) is 7.11 Å². The fourth-order valence-electron chi connectivity index (χ4n) is 2.72. The number of methoxy groups -OCH3 is 1. The number of anilines is 2. The summed E-state index contributed by atoms with van der Waals surface area (Å²) in [4.78, 5) is 13.4. The second-order valence-corrected chi connectivity index (χ2v) is 5.87. The standard InChI is InChI=1S/C19H23N5O/c1-3-4-11-21-18-17-15(23-19(20)24-18)10-9-14(22-17)12-13-7-5-6-8-16(13)25-2/h5-10H,3-4,11-12H2,1-2H3,(H3,20,21,23,24). The topological polar surface area (TPSA) is 86.0 Å². The molecule has 25 heavy (non-hydrogen) atoms. The molecule has 3 rings (SSSR count). The molecule has 3 N–H and O–H groups in total. The zero-order valence-electron chi connectivity index (χ0n) is 14.6. The third-order valence-corrected chi connectivity index (χ3v) is 4.00. The van der Waals surface area contributed by atoms with Gasteiger partial charge in [-0.2, -0.15) is 4.98 Å². The molecule has 3 aromatic rings. The molecule has 2 aromatic heterocycles. The van der Waals surface area contributed by atoms with Crippen LogP contribution in [0.1, 0.15) is 31.0 Å². The SMILES string of the molecule is CCCCNc1nc(N)nc2ccc(Cc3ccccc3OC)nc12. The zero-order valence-corrected chi connectivity index (χ0v) is 14.6. The number of ether oxygens (including phenoxy) is 1. The first-order chi connectivity index (χ1) is 12.2. The third-order valence-electron chi connectivity index (χ3n) is 4.00. The van der Waals surface area contributed by atoms with Crippen LogP contribution in [0.5, 0.6) is 5.75 Å². The maximum absolute atomic E-state index is 5.82. The lowest BCUT2D eigenvalue weighted by Gasteiger charge is -2.11. The van der Waals surface area contributed by atoms with Gasteiger partial charge in [-0.15, -0.1) is 0 Å². The van der Waals surface area contributed by atoms with Gasteiger partial charge in [0.2, 0.25) is 5.95 Å². The summed E-state index contributed by atoms with van der Waals surface area (Å²) in [7, 11) is 1.68. The first-order valence-electron chi connectivity index (χ1n) is 8.50. The van der Waals surface area contributed by atoms with Crippen molar-refractivity contribution < 1.29 is 4.74 Å². The molecular formula is C19H23N5O. The number of para-hydroxylation sites is 1. The van der Waals surface area contributed by atoms with Crippen LogP contribution in [-0.4, -0.2) is 28.6 Å². The summed E-state index contributed by atoms with van der Waals surface area (Å²) in [5, 5.41) is 3.32. The Kier molecular flexibility index (Phi) is 5.28. The Hall–Kier alpha value is -2.89. The summed E-state index contributed by atoms with van der Waals surface area (Å²) in [6.45, 7) is 2.98. The first-order valence-corrected chi connectivity index (χ1v) is 8.50. The van der Waals surface area contributed by atoms with Gasteiger partial charge >= 0.3 is 0 Å². The van der Waals surface area contributed by atoms with E-state index in [0.29, 0.717) is 12.2 Å². The summed E-state index contributed by atoms with van der Waals surface area (Å²) in [6, 6.07) is 11.9. The number of benzene rings is 1. The lowest BCUT2D eigenvalue weighted by atomic mass is 10.1. The molecule has 0 saturated carbocycles. The van der Waals surface area contributed by atoms with Gasteiger partial charge in [-0.25, -0.2) is 9.97 Å². The number of pyridine rings is 1. The lowest BCUT2D eigenvalue weighted by Crippen LogP contribution is -2.08. The Morgan fingerprint density at radius 3 is 2.72 bits per heavy atom. The van der Waals surface area contributed by atoms with E-state index in [9.17, 15) is 0 Å². The number of unbranched alkanes of at least 4 members (excludes halogenated alkanes) is 1. The maximum Gasteiger partial charge on any atom is 0.222 e. The number of hydrogen-bond acceptors (Lipinski definition) is 6. The Morgan fingerprint density at radius 2 is 1.92 bits per heavy atom. The summed E-state index contributed by atoms with van der Waals surface area (Å²) in [5.74, 6) is 1.81.